The summed E-state index contributed by atoms with van der Waals surface area (Å²) < 4.78 is 0. The molecule has 0 radical (unpaired) electrons. The molecule has 3 fully saturated rings. The molecule has 0 spiro atoms. The molecule has 138 valence electrons. The van der Waals surface area contributed by atoms with Crippen LogP contribution in [0.15, 0.2) is 18.6 Å². The van der Waals surface area contributed by atoms with E-state index in [4.69, 9.17) is 0 Å². The average Bonchev–Trinajstić information content (AvgIpc) is 3.34. The maximum absolute atomic E-state index is 13.1. The lowest BCUT2D eigenvalue weighted by Gasteiger charge is -2.42. The first kappa shape index (κ1) is 16.1. The molecule has 2 aromatic rings. The van der Waals surface area contributed by atoms with Crippen molar-refractivity contribution in [2.45, 2.75) is 44.2 Å². The van der Waals surface area contributed by atoms with Crippen LogP contribution in [0.25, 0.3) is 11.0 Å². The predicted molar refractivity (Wildman–Crippen MR) is 100.0 cm³/mol. The molecule has 3 aliphatic rings. The molecule has 26 heavy (non-hydrogen) atoms. The predicted octanol–water partition coefficient (Wildman–Crippen LogP) is 1.53. The largest absolute Gasteiger partial charge is 0.351 e. The van der Waals surface area contributed by atoms with E-state index in [1.54, 1.807) is 6.33 Å². The highest BCUT2D eigenvalue weighted by molar-refractivity contribution is 5.87. The number of hydrogen-bond donors (Lipinski definition) is 2. The molecule has 7 nitrogen and oxygen atoms in total. The Hall–Kier alpha value is -2.15. The van der Waals surface area contributed by atoms with Gasteiger partial charge in [-0.2, -0.15) is 0 Å². The Morgan fingerprint density at radius 2 is 2.08 bits per heavy atom. The first-order valence-corrected chi connectivity index (χ1v) is 9.89. The van der Waals surface area contributed by atoms with Crippen molar-refractivity contribution in [2.75, 3.05) is 31.1 Å². The third-order valence-electron chi connectivity index (χ3n) is 6.34. The Balaban J connectivity index is 1.40. The number of likely N-dealkylation sites (tertiary alicyclic amines) is 1. The highest BCUT2D eigenvalue weighted by atomic mass is 16.2. The van der Waals surface area contributed by atoms with Crippen LogP contribution >= 0.6 is 0 Å². The van der Waals surface area contributed by atoms with Gasteiger partial charge in [0.25, 0.3) is 0 Å². The van der Waals surface area contributed by atoms with E-state index in [1.165, 1.54) is 0 Å². The van der Waals surface area contributed by atoms with E-state index in [0.29, 0.717) is 18.0 Å². The van der Waals surface area contributed by atoms with Gasteiger partial charge in [0.2, 0.25) is 5.91 Å². The SMILES string of the molecule is O=C(C1CCCNC1)N1CCC[C@@H]2[C@H]1CCN2c1ncnc2[nH]ccc12. The number of nitrogens with zero attached hydrogens (tertiary/aromatic N) is 4. The number of fused-ring (bicyclic) bond motifs is 2. The van der Waals surface area contributed by atoms with E-state index in [9.17, 15) is 4.79 Å². The van der Waals surface area contributed by atoms with Gasteiger partial charge in [-0.3, -0.25) is 4.79 Å². The van der Waals surface area contributed by atoms with Crippen LogP contribution in [0.4, 0.5) is 5.82 Å². The molecule has 0 saturated carbocycles. The zero-order valence-corrected chi connectivity index (χ0v) is 15.0. The summed E-state index contributed by atoms with van der Waals surface area (Å²) in [5.74, 6) is 1.53. The third-order valence-corrected chi connectivity index (χ3v) is 6.34. The van der Waals surface area contributed by atoms with Crippen LogP contribution in [0.2, 0.25) is 0 Å². The number of H-pyrrole nitrogens is 1. The summed E-state index contributed by atoms with van der Waals surface area (Å²) in [6.45, 7) is 3.75. The second-order valence-electron chi connectivity index (χ2n) is 7.77. The third kappa shape index (κ3) is 2.57. The van der Waals surface area contributed by atoms with Gasteiger partial charge < -0.3 is 20.1 Å². The molecule has 0 bridgehead atoms. The highest BCUT2D eigenvalue weighted by Crippen LogP contribution is 2.36. The fraction of sp³-hybridized carbons (Fsp3) is 0.632. The van der Waals surface area contributed by atoms with Crippen LogP contribution in [0.5, 0.6) is 0 Å². The van der Waals surface area contributed by atoms with Crippen LogP contribution in [-0.2, 0) is 4.79 Å². The topological polar surface area (TPSA) is 77.2 Å². The van der Waals surface area contributed by atoms with Crippen LogP contribution in [0, 0.1) is 5.92 Å². The number of carbonyl (C=O) groups excluding carboxylic acids is 1. The molecule has 3 atom stereocenters. The Bertz CT molecular complexity index is 798. The molecule has 2 N–H and O–H groups in total. The summed E-state index contributed by atoms with van der Waals surface area (Å²) in [5.41, 5.74) is 0.885. The number of rotatable bonds is 2. The van der Waals surface area contributed by atoms with Gasteiger partial charge in [0.15, 0.2) is 0 Å². The molecule has 3 saturated heterocycles. The first-order valence-electron chi connectivity index (χ1n) is 9.89. The van der Waals surface area contributed by atoms with E-state index in [2.05, 4.69) is 36.1 Å². The minimum absolute atomic E-state index is 0.159. The van der Waals surface area contributed by atoms with E-state index >= 15 is 0 Å². The second kappa shape index (κ2) is 6.54. The lowest BCUT2D eigenvalue weighted by Crippen LogP contribution is -2.55. The Labute approximate surface area is 153 Å². The van der Waals surface area contributed by atoms with Gasteiger partial charge in [0.1, 0.15) is 17.8 Å². The van der Waals surface area contributed by atoms with E-state index < -0.39 is 0 Å². The van der Waals surface area contributed by atoms with Crippen LogP contribution < -0.4 is 10.2 Å². The van der Waals surface area contributed by atoms with Crippen molar-refractivity contribution in [1.82, 2.24) is 25.2 Å². The standard InChI is InChI=1S/C19H26N6O/c26-19(13-3-1-7-20-11-13)25-9-2-4-15-16(25)6-10-24(15)18-14-5-8-21-17(14)22-12-23-18/h5,8,12-13,15-16,20H,1-4,6-7,9-11H2,(H,21,22,23)/t13?,15-,16-/m1/s1. The lowest BCUT2D eigenvalue weighted by molar-refractivity contribution is -0.139. The molecule has 5 heterocycles. The summed E-state index contributed by atoms with van der Waals surface area (Å²) in [5, 5.41) is 4.46. The number of carbonyl (C=O) groups is 1. The van der Waals surface area contributed by atoms with Crippen molar-refractivity contribution in [3.63, 3.8) is 0 Å². The molecule has 0 aromatic carbocycles. The van der Waals surface area contributed by atoms with Crippen LogP contribution in [-0.4, -0.2) is 64.0 Å². The average molecular weight is 354 g/mol. The number of aromatic amines is 1. The molecule has 3 aliphatic heterocycles. The Kier molecular flexibility index (Phi) is 4.04. The second-order valence-corrected chi connectivity index (χ2v) is 7.77. The minimum Gasteiger partial charge on any atom is -0.351 e. The first-order chi connectivity index (χ1) is 12.8. The maximum Gasteiger partial charge on any atom is 0.227 e. The number of hydrogen-bond acceptors (Lipinski definition) is 5. The summed E-state index contributed by atoms with van der Waals surface area (Å²) >= 11 is 0. The van der Waals surface area contributed by atoms with Gasteiger partial charge in [-0.1, -0.05) is 0 Å². The van der Waals surface area contributed by atoms with Crippen molar-refractivity contribution in [1.29, 1.82) is 0 Å². The zero-order valence-electron chi connectivity index (χ0n) is 15.0. The molecule has 5 rings (SSSR count). The van der Waals surface area contributed by atoms with Crippen LogP contribution in [0.3, 0.4) is 0 Å². The molecule has 1 amide bonds. The molecule has 7 heteroatoms. The van der Waals surface area contributed by atoms with Gasteiger partial charge in [-0.25, -0.2) is 9.97 Å². The Morgan fingerprint density at radius 3 is 2.96 bits per heavy atom. The summed E-state index contributed by atoms with van der Waals surface area (Å²) in [7, 11) is 0. The Morgan fingerprint density at radius 1 is 1.12 bits per heavy atom. The molecule has 2 aromatic heterocycles. The number of aromatic nitrogens is 3. The molecular formula is C19H26N6O. The normalized spacial score (nSPS) is 29.2. The summed E-state index contributed by atoms with van der Waals surface area (Å²) in [4.78, 5) is 29.8. The minimum atomic E-state index is 0.159. The summed E-state index contributed by atoms with van der Waals surface area (Å²) in [6, 6.07) is 2.75. The van der Waals surface area contributed by atoms with Crippen molar-refractivity contribution in [3.05, 3.63) is 18.6 Å². The summed E-state index contributed by atoms with van der Waals surface area (Å²) in [6.07, 6.45) is 8.94. The molecular weight excluding hydrogens is 328 g/mol. The fourth-order valence-corrected chi connectivity index (χ4v) is 5.11. The van der Waals surface area contributed by atoms with Crippen molar-refractivity contribution < 1.29 is 4.79 Å². The zero-order chi connectivity index (χ0) is 17.5. The van der Waals surface area contributed by atoms with Gasteiger partial charge in [-0.05, 0) is 44.7 Å². The van der Waals surface area contributed by atoms with Gasteiger partial charge in [-0.15, -0.1) is 0 Å². The molecule has 0 aliphatic carbocycles. The number of piperidine rings is 2. The monoisotopic (exact) mass is 354 g/mol. The number of amides is 1. The van der Waals surface area contributed by atoms with Crippen molar-refractivity contribution in [3.8, 4) is 0 Å². The van der Waals surface area contributed by atoms with Gasteiger partial charge in [0.05, 0.1) is 23.4 Å². The van der Waals surface area contributed by atoms with E-state index in [1.807, 2.05) is 6.20 Å². The maximum atomic E-state index is 13.1. The molecule has 1 unspecified atom stereocenters. The highest BCUT2D eigenvalue weighted by Gasteiger charge is 2.44. The van der Waals surface area contributed by atoms with Gasteiger partial charge >= 0.3 is 0 Å². The quantitative estimate of drug-likeness (QED) is 0.855. The van der Waals surface area contributed by atoms with Gasteiger partial charge in [0, 0.05) is 25.8 Å². The van der Waals surface area contributed by atoms with Crippen LogP contribution in [0.1, 0.15) is 32.1 Å². The van der Waals surface area contributed by atoms with E-state index in [-0.39, 0.29) is 5.92 Å². The lowest BCUT2D eigenvalue weighted by atomic mass is 9.92. The smallest absolute Gasteiger partial charge is 0.227 e. The fourth-order valence-electron chi connectivity index (χ4n) is 5.11. The number of nitrogens with one attached hydrogen (secondary N) is 2. The van der Waals surface area contributed by atoms with Crippen molar-refractivity contribution >= 4 is 22.8 Å². The number of anilines is 1. The van der Waals surface area contributed by atoms with Crippen molar-refractivity contribution in [2.24, 2.45) is 5.92 Å². The van der Waals surface area contributed by atoms with E-state index in [0.717, 1.165) is 75.1 Å².